The molecule has 1 aromatic carbocycles. The first-order valence-corrected chi connectivity index (χ1v) is 6.10. The van der Waals surface area contributed by atoms with Crippen LogP contribution in [-0.2, 0) is 6.42 Å². The number of unbranched alkanes of at least 4 members (excludes halogenated alkanes) is 1. The standard InChI is InChI=1S/C15H22O/c1-3-5-12-15(16,11-4-2)13-14-9-7-6-8-10-14/h4,6-11,16H,3,5,12-13H2,1-2H3/b11-4+. The average Bonchev–Trinajstić information content (AvgIpc) is 2.28. The van der Waals surface area contributed by atoms with Gasteiger partial charge in [0.1, 0.15) is 0 Å². The minimum atomic E-state index is -0.674. The molecule has 0 saturated carbocycles. The van der Waals surface area contributed by atoms with Gasteiger partial charge in [0, 0.05) is 6.42 Å². The molecule has 1 unspecified atom stereocenters. The summed E-state index contributed by atoms with van der Waals surface area (Å²) in [5.41, 5.74) is 0.519. The highest BCUT2D eigenvalue weighted by molar-refractivity contribution is 5.19. The van der Waals surface area contributed by atoms with Crippen molar-refractivity contribution < 1.29 is 5.11 Å². The highest BCUT2D eigenvalue weighted by Gasteiger charge is 2.22. The van der Waals surface area contributed by atoms with E-state index in [2.05, 4.69) is 19.1 Å². The molecule has 1 N–H and O–H groups in total. The van der Waals surface area contributed by atoms with Crippen LogP contribution in [0.1, 0.15) is 38.7 Å². The lowest BCUT2D eigenvalue weighted by atomic mass is 9.89. The summed E-state index contributed by atoms with van der Waals surface area (Å²) in [5, 5.41) is 10.5. The summed E-state index contributed by atoms with van der Waals surface area (Å²) in [7, 11) is 0. The molecule has 0 radical (unpaired) electrons. The Bertz CT molecular complexity index is 315. The SMILES string of the molecule is C/C=C/C(O)(CCCC)Cc1ccccc1. The molecule has 1 heteroatoms. The van der Waals surface area contributed by atoms with E-state index < -0.39 is 5.60 Å². The Kier molecular flexibility index (Phi) is 5.27. The minimum Gasteiger partial charge on any atom is -0.385 e. The van der Waals surface area contributed by atoms with Crippen LogP contribution < -0.4 is 0 Å². The molecule has 0 aromatic heterocycles. The number of rotatable bonds is 6. The van der Waals surface area contributed by atoms with Crippen molar-refractivity contribution >= 4 is 0 Å². The Morgan fingerprint density at radius 2 is 1.94 bits per heavy atom. The fourth-order valence-corrected chi connectivity index (χ4v) is 1.97. The van der Waals surface area contributed by atoms with Gasteiger partial charge in [0.05, 0.1) is 5.60 Å². The normalized spacial score (nSPS) is 15.2. The largest absolute Gasteiger partial charge is 0.385 e. The van der Waals surface area contributed by atoms with Gasteiger partial charge in [-0.2, -0.15) is 0 Å². The molecule has 0 aliphatic rings. The van der Waals surface area contributed by atoms with Crippen molar-refractivity contribution in [3.8, 4) is 0 Å². The lowest BCUT2D eigenvalue weighted by Crippen LogP contribution is -2.28. The Balaban J connectivity index is 2.70. The summed E-state index contributed by atoms with van der Waals surface area (Å²) in [6.45, 7) is 4.11. The zero-order chi connectivity index (χ0) is 11.9. The highest BCUT2D eigenvalue weighted by atomic mass is 16.3. The molecule has 0 saturated heterocycles. The van der Waals surface area contributed by atoms with Crippen LogP contribution in [0.2, 0.25) is 0 Å². The smallest absolute Gasteiger partial charge is 0.0867 e. The Morgan fingerprint density at radius 3 is 2.50 bits per heavy atom. The molecule has 1 rings (SSSR count). The zero-order valence-electron chi connectivity index (χ0n) is 10.3. The molecule has 1 nitrogen and oxygen atoms in total. The van der Waals surface area contributed by atoms with E-state index >= 15 is 0 Å². The van der Waals surface area contributed by atoms with Crippen molar-refractivity contribution in [2.75, 3.05) is 0 Å². The van der Waals surface area contributed by atoms with Gasteiger partial charge in [-0.3, -0.25) is 0 Å². The maximum absolute atomic E-state index is 10.5. The molecule has 0 heterocycles. The third-order valence-corrected chi connectivity index (χ3v) is 2.79. The highest BCUT2D eigenvalue weighted by Crippen LogP contribution is 2.21. The van der Waals surface area contributed by atoms with Crippen molar-refractivity contribution in [2.45, 2.75) is 45.1 Å². The topological polar surface area (TPSA) is 20.2 Å². The van der Waals surface area contributed by atoms with Crippen molar-refractivity contribution in [1.29, 1.82) is 0 Å². The number of aliphatic hydroxyl groups is 1. The van der Waals surface area contributed by atoms with Gasteiger partial charge in [-0.25, -0.2) is 0 Å². The molecule has 0 aliphatic heterocycles. The van der Waals surface area contributed by atoms with Crippen molar-refractivity contribution in [3.63, 3.8) is 0 Å². The molecule has 1 aromatic rings. The van der Waals surface area contributed by atoms with Crippen LogP contribution >= 0.6 is 0 Å². The van der Waals surface area contributed by atoms with E-state index in [-0.39, 0.29) is 0 Å². The van der Waals surface area contributed by atoms with Gasteiger partial charge >= 0.3 is 0 Å². The second-order valence-corrected chi connectivity index (χ2v) is 4.37. The molecule has 0 amide bonds. The number of benzene rings is 1. The Morgan fingerprint density at radius 1 is 1.25 bits per heavy atom. The van der Waals surface area contributed by atoms with Crippen LogP contribution in [0.4, 0.5) is 0 Å². The first kappa shape index (κ1) is 13.0. The van der Waals surface area contributed by atoms with E-state index in [1.54, 1.807) is 0 Å². The van der Waals surface area contributed by atoms with Crippen molar-refractivity contribution in [3.05, 3.63) is 48.0 Å². The lowest BCUT2D eigenvalue weighted by molar-refractivity contribution is 0.0792. The monoisotopic (exact) mass is 218 g/mol. The van der Waals surface area contributed by atoms with Gasteiger partial charge < -0.3 is 5.11 Å². The molecule has 0 spiro atoms. The van der Waals surface area contributed by atoms with Crippen molar-refractivity contribution in [1.82, 2.24) is 0 Å². The lowest BCUT2D eigenvalue weighted by Gasteiger charge is -2.24. The van der Waals surface area contributed by atoms with Gasteiger partial charge in [-0.15, -0.1) is 0 Å². The molecule has 16 heavy (non-hydrogen) atoms. The third kappa shape index (κ3) is 4.19. The molecule has 0 aliphatic carbocycles. The molecule has 1 atom stereocenters. The fraction of sp³-hybridized carbons (Fsp3) is 0.467. The minimum absolute atomic E-state index is 0.674. The van der Waals surface area contributed by atoms with E-state index in [9.17, 15) is 5.11 Å². The van der Waals surface area contributed by atoms with Gasteiger partial charge in [0.15, 0.2) is 0 Å². The second-order valence-electron chi connectivity index (χ2n) is 4.37. The first-order chi connectivity index (χ1) is 7.70. The van der Waals surface area contributed by atoms with Gasteiger partial charge in [-0.05, 0) is 18.9 Å². The van der Waals surface area contributed by atoms with E-state index in [4.69, 9.17) is 0 Å². The summed E-state index contributed by atoms with van der Waals surface area (Å²) in [6, 6.07) is 10.2. The quantitative estimate of drug-likeness (QED) is 0.721. The fourth-order valence-electron chi connectivity index (χ4n) is 1.97. The van der Waals surface area contributed by atoms with Crippen LogP contribution in [-0.4, -0.2) is 10.7 Å². The third-order valence-electron chi connectivity index (χ3n) is 2.79. The number of allylic oxidation sites excluding steroid dienone is 1. The summed E-state index contributed by atoms with van der Waals surface area (Å²) in [5.74, 6) is 0. The average molecular weight is 218 g/mol. The van der Waals surface area contributed by atoms with Gasteiger partial charge in [0.2, 0.25) is 0 Å². The summed E-state index contributed by atoms with van der Waals surface area (Å²) in [6.07, 6.45) is 7.59. The van der Waals surface area contributed by atoms with E-state index in [1.807, 2.05) is 37.3 Å². The second kappa shape index (κ2) is 6.49. The predicted octanol–water partition coefficient (Wildman–Crippen LogP) is 3.73. The van der Waals surface area contributed by atoms with Gasteiger partial charge in [0.25, 0.3) is 0 Å². The van der Waals surface area contributed by atoms with Crippen LogP contribution in [0, 0.1) is 0 Å². The zero-order valence-corrected chi connectivity index (χ0v) is 10.3. The van der Waals surface area contributed by atoms with E-state index in [0.717, 1.165) is 19.3 Å². The molecule has 0 fully saturated rings. The number of hydrogen-bond donors (Lipinski definition) is 1. The van der Waals surface area contributed by atoms with Crippen LogP contribution in [0.3, 0.4) is 0 Å². The Labute approximate surface area is 98.8 Å². The number of hydrogen-bond acceptors (Lipinski definition) is 1. The van der Waals surface area contributed by atoms with Crippen LogP contribution in [0.25, 0.3) is 0 Å². The molecular formula is C15H22O. The predicted molar refractivity (Wildman–Crippen MR) is 69.4 cm³/mol. The van der Waals surface area contributed by atoms with E-state index in [0.29, 0.717) is 6.42 Å². The molecular weight excluding hydrogens is 196 g/mol. The van der Waals surface area contributed by atoms with Crippen LogP contribution in [0.5, 0.6) is 0 Å². The van der Waals surface area contributed by atoms with Crippen molar-refractivity contribution in [2.24, 2.45) is 0 Å². The molecule has 88 valence electrons. The maximum atomic E-state index is 10.5. The summed E-state index contributed by atoms with van der Waals surface area (Å²) < 4.78 is 0. The summed E-state index contributed by atoms with van der Waals surface area (Å²) >= 11 is 0. The first-order valence-electron chi connectivity index (χ1n) is 6.10. The van der Waals surface area contributed by atoms with E-state index in [1.165, 1.54) is 5.56 Å². The van der Waals surface area contributed by atoms with Gasteiger partial charge in [-0.1, -0.05) is 62.2 Å². The maximum Gasteiger partial charge on any atom is 0.0867 e. The molecule has 0 bridgehead atoms. The summed E-state index contributed by atoms with van der Waals surface area (Å²) in [4.78, 5) is 0. The van der Waals surface area contributed by atoms with Crippen LogP contribution in [0.15, 0.2) is 42.5 Å². The Hall–Kier alpha value is -1.08.